The highest BCUT2D eigenvalue weighted by Crippen LogP contribution is 2.00. The quantitative estimate of drug-likeness (QED) is 0.547. The number of hydrogen-bond acceptors (Lipinski definition) is 4. The third-order valence-electron chi connectivity index (χ3n) is 2.80. The van der Waals surface area contributed by atoms with Gasteiger partial charge in [-0.2, -0.15) is 4.57 Å². The van der Waals surface area contributed by atoms with Crippen molar-refractivity contribution in [2.45, 2.75) is 0 Å². The van der Waals surface area contributed by atoms with Crippen LogP contribution in [0.4, 0.5) is 0 Å². The Balaban J connectivity index is 2.32. The van der Waals surface area contributed by atoms with Crippen LogP contribution in [0.2, 0.25) is 0 Å². The molecule has 3 aromatic rings. The Morgan fingerprint density at radius 3 is 2.35 bits per heavy atom. The van der Waals surface area contributed by atoms with Crippen molar-refractivity contribution in [3.8, 4) is 0 Å². The lowest BCUT2D eigenvalue weighted by molar-refractivity contribution is 0.0951. The number of benzene rings is 1. The molecule has 3 N–H and O–H groups in total. The number of imidazole rings is 1. The van der Waals surface area contributed by atoms with Gasteiger partial charge in [-0.05, 0) is 12.1 Å². The first-order valence-electron chi connectivity index (χ1n) is 5.65. The van der Waals surface area contributed by atoms with Gasteiger partial charge in [-0.1, -0.05) is 18.2 Å². The summed E-state index contributed by atoms with van der Waals surface area (Å²) < 4.78 is 0.446. The normalized spacial score (nSPS) is 10.8. The number of aromatic nitrogens is 4. The van der Waals surface area contributed by atoms with Crippen molar-refractivity contribution < 1.29 is 4.79 Å². The summed E-state index contributed by atoms with van der Waals surface area (Å²) in [7, 11) is 0. The summed E-state index contributed by atoms with van der Waals surface area (Å²) >= 11 is 0. The van der Waals surface area contributed by atoms with E-state index < -0.39 is 22.8 Å². The molecule has 0 atom stereocenters. The van der Waals surface area contributed by atoms with Crippen molar-refractivity contribution in [3.05, 3.63) is 67.2 Å². The summed E-state index contributed by atoms with van der Waals surface area (Å²) in [5.41, 5.74) is -2.43. The first-order chi connectivity index (χ1) is 9.58. The van der Waals surface area contributed by atoms with E-state index in [-0.39, 0.29) is 16.7 Å². The van der Waals surface area contributed by atoms with E-state index in [1.165, 1.54) is 12.1 Å². The van der Waals surface area contributed by atoms with Gasteiger partial charge < -0.3 is 0 Å². The Labute approximate surface area is 109 Å². The molecule has 0 saturated carbocycles. The first-order valence-corrected chi connectivity index (χ1v) is 5.65. The molecule has 0 bridgehead atoms. The highest BCUT2D eigenvalue weighted by atomic mass is 16.2. The van der Waals surface area contributed by atoms with Crippen LogP contribution in [-0.4, -0.2) is 25.4 Å². The third-order valence-corrected chi connectivity index (χ3v) is 2.80. The summed E-state index contributed by atoms with van der Waals surface area (Å²) in [6.07, 6.45) is 0. The molecule has 0 aliphatic heterocycles. The molecular formula is C12H8N4O4. The van der Waals surface area contributed by atoms with Crippen LogP contribution >= 0.6 is 0 Å². The van der Waals surface area contributed by atoms with Crippen LogP contribution in [0.3, 0.4) is 0 Å². The van der Waals surface area contributed by atoms with Gasteiger partial charge in [0, 0.05) is 5.56 Å². The summed E-state index contributed by atoms with van der Waals surface area (Å²) in [5.74, 6) is -0.763. The molecule has 0 unspecified atom stereocenters. The van der Waals surface area contributed by atoms with Crippen LogP contribution in [0, 0.1) is 0 Å². The first kappa shape index (κ1) is 11.9. The van der Waals surface area contributed by atoms with E-state index in [1.807, 2.05) is 0 Å². The molecule has 0 saturated heterocycles. The van der Waals surface area contributed by atoms with Gasteiger partial charge >= 0.3 is 11.4 Å². The molecule has 8 nitrogen and oxygen atoms in total. The van der Waals surface area contributed by atoms with Crippen LogP contribution in [0.1, 0.15) is 10.4 Å². The van der Waals surface area contributed by atoms with Crippen LogP contribution in [-0.2, 0) is 0 Å². The molecule has 1 aromatic carbocycles. The molecule has 0 spiro atoms. The summed E-state index contributed by atoms with van der Waals surface area (Å²) in [4.78, 5) is 54.0. The lowest BCUT2D eigenvalue weighted by Crippen LogP contribution is -2.40. The number of nitrogens with zero attached hydrogens (tertiary/aromatic N) is 1. The molecule has 2 heterocycles. The van der Waals surface area contributed by atoms with E-state index in [0.29, 0.717) is 4.57 Å². The fourth-order valence-corrected chi connectivity index (χ4v) is 1.90. The standard InChI is InChI=1S/C12H8N4O4/c17-9(6-4-2-1-3-5-6)16-10(18)7-8(15-12(16)20)14-11(19)13-7/h1-5H,(H,15,20)(H2,13,14,19). The monoisotopic (exact) mass is 272 g/mol. The van der Waals surface area contributed by atoms with Gasteiger partial charge in [0.1, 0.15) is 5.65 Å². The Morgan fingerprint density at radius 1 is 0.950 bits per heavy atom. The van der Waals surface area contributed by atoms with Gasteiger partial charge in [-0.3, -0.25) is 24.5 Å². The largest absolute Gasteiger partial charge is 0.337 e. The Hall–Kier alpha value is -3.16. The molecule has 0 fully saturated rings. The van der Waals surface area contributed by atoms with E-state index in [4.69, 9.17) is 0 Å². The van der Waals surface area contributed by atoms with Crippen LogP contribution < -0.4 is 16.9 Å². The number of aromatic amines is 3. The fraction of sp³-hybridized carbons (Fsp3) is 0. The molecule has 0 amide bonds. The summed E-state index contributed by atoms with van der Waals surface area (Å²) in [6.45, 7) is 0. The zero-order chi connectivity index (χ0) is 14.3. The molecule has 0 radical (unpaired) electrons. The second kappa shape index (κ2) is 4.19. The van der Waals surface area contributed by atoms with Crippen molar-refractivity contribution in [1.82, 2.24) is 19.5 Å². The topological polar surface area (TPSA) is 121 Å². The van der Waals surface area contributed by atoms with Gasteiger partial charge in [-0.25, -0.2) is 9.59 Å². The second-order valence-electron chi connectivity index (χ2n) is 4.07. The lowest BCUT2D eigenvalue weighted by atomic mass is 10.2. The molecule has 100 valence electrons. The van der Waals surface area contributed by atoms with E-state index in [1.54, 1.807) is 18.2 Å². The number of nitrogens with one attached hydrogen (secondary N) is 3. The Kier molecular flexibility index (Phi) is 2.50. The van der Waals surface area contributed by atoms with Gasteiger partial charge in [-0.15, -0.1) is 0 Å². The fourth-order valence-electron chi connectivity index (χ4n) is 1.90. The van der Waals surface area contributed by atoms with Crippen LogP contribution in [0.5, 0.6) is 0 Å². The van der Waals surface area contributed by atoms with Gasteiger partial charge in [0.2, 0.25) is 0 Å². The predicted molar refractivity (Wildman–Crippen MR) is 70.0 cm³/mol. The van der Waals surface area contributed by atoms with E-state index >= 15 is 0 Å². The number of H-pyrrole nitrogens is 3. The van der Waals surface area contributed by atoms with Crippen LogP contribution in [0.15, 0.2) is 44.7 Å². The molecule has 0 aliphatic rings. The van der Waals surface area contributed by atoms with Crippen LogP contribution in [0.25, 0.3) is 11.2 Å². The van der Waals surface area contributed by atoms with Crippen molar-refractivity contribution in [2.24, 2.45) is 0 Å². The zero-order valence-corrected chi connectivity index (χ0v) is 9.97. The van der Waals surface area contributed by atoms with E-state index in [2.05, 4.69) is 15.0 Å². The predicted octanol–water partition coefficient (Wildman–Crippen LogP) is -0.605. The summed E-state index contributed by atoms with van der Waals surface area (Å²) in [6, 6.07) is 7.90. The minimum Gasteiger partial charge on any atom is -0.300 e. The minimum absolute atomic E-state index is 0.0397. The van der Waals surface area contributed by atoms with Crippen molar-refractivity contribution in [1.29, 1.82) is 0 Å². The third kappa shape index (κ3) is 1.70. The van der Waals surface area contributed by atoms with E-state index in [9.17, 15) is 19.2 Å². The lowest BCUT2D eigenvalue weighted by Gasteiger charge is -2.02. The molecule has 8 heteroatoms. The van der Waals surface area contributed by atoms with E-state index in [0.717, 1.165) is 0 Å². The molecular weight excluding hydrogens is 264 g/mol. The maximum Gasteiger partial charge on any atom is 0.337 e. The summed E-state index contributed by atoms with van der Waals surface area (Å²) in [5, 5.41) is 0. The van der Waals surface area contributed by atoms with Crippen molar-refractivity contribution in [2.75, 3.05) is 0 Å². The zero-order valence-electron chi connectivity index (χ0n) is 9.97. The van der Waals surface area contributed by atoms with Gasteiger partial charge in [0.05, 0.1) is 0 Å². The SMILES string of the molecule is O=C(c1ccccc1)n1c(=O)[nH]c2[nH]c(=O)[nH]c2c1=O. The number of carbonyl (C=O) groups excluding carboxylic acids is 1. The molecule has 20 heavy (non-hydrogen) atoms. The number of hydrogen-bond donors (Lipinski definition) is 3. The molecule has 0 aliphatic carbocycles. The average Bonchev–Trinajstić information content (AvgIpc) is 2.80. The van der Waals surface area contributed by atoms with Crippen molar-refractivity contribution >= 4 is 17.1 Å². The molecule has 3 rings (SSSR count). The highest BCUT2D eigenvalue weighted by molar-refractivity contribution is 5.96. The van der Waals surface area contributed by atoms with Gasteiger partial charge in [0.15, 0.2) is 5.52 Å². The number of carbonyl (C=O) groups is 1. The highest BCUT2D eigenvalue weighted by Gasteiger charge is 2.17. The Bertz CT molecular complexity index is 974. The minimum atomic E-state index is -0.911. The van der Waals surface area contributed by atoms with Crippen molar-refractivity contribution in [3.63, 3.8) is 0 Å². The number of fused-ring (bicyclic) bond motifs is 1. The number of rotatable bonds is 1. The smallest absolute Gasteiger partial charge is 0.300 e. The Morgan fingerprint density at radius 2 is 1.65 bits per heavy atom. The second-order valence-corrected chi connectivity index (χ2v) is 4.07. The average molecular weight is 272 g/mol. The maximum absolute atomic E-state index is 12.2. The van der Waals surface area contributed by atoms with Gasteiger partial charge in [0.25, 0.3) is 11.5 Å². The molecule has 2 aromatic heterocycles. The maximum atomic E-state index is 12.2.